The van der Waals surface area contributed by atoms with E-state index in [1.807, 2.05) is 0 Å². The summed E-state index contributed by atoms with van der Waals surface area (Å²) in [7, 11) is 1.29. The molecule has 0 unspecified atom stereocenters. The van der Waals surface area contributed by atoms with Gasteiger partial charge in [0.15, 0.2) is 0 Å². The molecule has 0 aliphatic carbocycles. The Morgan fingerprint density at radius 3 is 2.28 bits per heavy atom. The van der Waals surface area contributed by atoms with Gasteiger partial charge in [-0.1, -0.05) is 27.7 Å². The van der Waals surface area contributed by atoms with Crippen molar-refractivity contribution >= 4 is 36.0 Å². The van der Waals surface area contributed by atoms with Crippen LogP contribution in [-0.2, 0) is 33.7 Å². The molecular weight excluding hydrogens is 402 g/mol. The minimum atomic E-state index is -0.676. The van der Waals surface area contributed by atoms with Gasteiger partial charge in [-0.05, 0) is 6.42 Å². The molecule has 0 aliphatic heterocycles. The van der Waals surface area contributed by atoms with Gasteiger partial charge >= 0.3 is 5.97 Å². The van der Waals surface area contributed by atoms with Crippen molar-refractivity contribution in [2.24, 2.45) is 4.99 Å². The third kappa shape index (κ3) is 12.5. The van der Waals surface area contributed by atoms with Gasteiger partial charge in [-0.25, -0.2) is 0 Å². The number of hydrogen-bond acceptors (Lipinski definition) is 5. The Hall–Kier alpha value is 0.0934. The van der Waals surface area contributed by atoms with Crippen LogP contribution in [0.2, 0.25) is 0 Å². The van der Waals surface area contributed by atoms with Crippen LogP contribution < -0.4 is 5.11 Å². The zero-order valence-corrected chi connectivity index (χ0v) is 16.7. The summed E-state index contributed by atoms with van der Waals surface area (Å²) in [4.78, 5) is 14.7. The molecule has 1 radical (unpaired) electrons. The van der Waals surface area contributed by atoms with E-state index < -0.39 is 23.7 Å². The molecule has 0 N–H and O–H groups in total. The summed E-state index contributed by atoms with van der Waals surface area (Å²) in [5.41, 5.74) is -0.586. The van der Waals surface area contributed by atoms with Gasteiger partial charge in [0.25, 0.3) is 0 Å². The third-order valence-electron chi connectivity index (χ3n) is 1.64. The Kier molecular flexibility index (Phi) is 14.1. The summed E-state index contributed by atoms with van der Waals surface area (Å²) in [6.07, 6.45) is -0.293. The van der Waals surface area contributed by atoms with E-state index in [1.54, 1.807) is 20.8 Å². The van der Waals surface area contributed by atoms with Crippen molar-refractivity contribution in [1.82, 2.24) is 0 Å². The summed E-state index contributed by atoms with van der Waals surface area (Å²) in [6.45, 7) is 8.86. The predicted molar refractivity (Wildman–Crippen MR) is 74.1 cm³/mol. The van der Waals surface area contributed by atoms with Crippen LogP contribution in [0.1, 0.15) is 33.6 Å². The summed E-state index contributed by atoms with van der Waals surface area (Å²) < 4.78 is 9.49. The molecule has 0 spiro atoms. The van der Waals surface area contributed by atoms with Crippen molar-refractivity contribution in [2.75, 3.05) is 7.11 Å². The molecular formula is C11H20INO4Zn-. The number of carbonyl (C=O) groups excluding carboxylic acids is 1. The number of nitrogens with zero attached hydrogens (tertiary/aromatic N) is 1. The Balaban J connectivity index is -0.00000112. The van der Waals surface area contributed by atoms with Gasteiger partial charge in [0, 0.05) is 25.1 Å². The van der Waals surface area contributed by atoms with Gasteiger partial charge < -0.3 is 14.6 Å². The van der Waals surface area contributed by atoms with E-state index in [9.17, 15) is 9.90 Å². The number of methoxy groups -OCH3 is 1. The maximum absolute atomic E-state index is 11.3. The fourth-order valence-electron chi connectivity index (χ4n) is 0.925. The average Bonchev–Trinajstić information content (AvgIpc) is 2.13. The van der Waals surface area contributed by atoms with Crippen molar-refractivity contribution in [1.29, 1.82) is 0 Å². The molecule has 0 saturated carbocycles. The van der Waals surface area contributed by atoms with Gasteiger partial charge in [-0.15, -0.1) is 24.0 Å². The average molecular weight is 423 g/mol. The van der Waals surface area contributed by atoms with E-state index in [-0.39, 0.29) is 49.9 Å². The Morgan fingerprint density at radius 2 is 1.94 bits per heavy atom. The van der Waals surface area contributed by atoms with Crippen LogP contribution in [0, 0.1) is 6.92 Å². The maximum Gasteiger partial charge on any atom is 0.307 e. The second-order valence-electron chi connectivity index (χ2n) is 4.33. The molecule has 18 heavy (non-hydrogen) atoms. The zero-order chi connectivity index (χ0) is 12.8. The van der Waals surface area contributed by atoms with Crippen molar-refractivity contribution in [2.45, 2.75) is 45.3 Å². The molecule has 0 saturated heterocycles. The maximum atomic E-state index is 11.3. The number of ether oxygens (including phenoxy) is 2. The van der Waals surface area contributed by atoms with Crippen LogP contribution in [0.3, 0.4) is 0 Å². The van der Waals surface area contributed by atoms with E-state index in [4.69, 9.17) is 4.74 Å². The largest absolute Gasteiger partial charge is 0.595 e. The second-order valence-corrected chi connectivity index (χ2v) is 4.33. The SMILES string of the molecule is I.[CH2]C[C@@H](CC(=O)OC)N=C([O-])OC(C)(C)C.[Zn]. The number of carbonyl (C=O) groups is 1. The number of esters is 1. The molecule has 1 atom stereocenters. The third-order valence-corrected chi connectivity index (χ3v) is 1.64. The standard InChI is InChI=1S/C11H20NO4.HI.Zn/c1-6-8(7-9(13)15-5)12-10(14)16-11(2,3)4;;/h8H,1,6-7H2,2-5H3,(H,12,14);1H;/p-1/t8-;;/m0../s1. The molecule has 0 aromatic heterocycles. The minimum Gasteiger partial charge on any atom is -0.595 e. The van der Waals surface area contributed by atoms with Gasteiger partial charge in [-0.3, -0.25) is 9.79 Å². The van der Waals surface area contributed by atoms with E-state index in [0.29, 0.717) is 6.42 Å². The van der Waals surface area contributed by atoms with E-state index >= 15 is 0 Å². The van der Waals surface area contributed by atoms with Crippen molar-refractivity contribution < 1.29 is 38.9 Å². The van der Waals surface area contributed by atoms with E-state index in [0.717, 1.165) is 0 Å². The fourth-order valence-corrected chi connectivity index (χ4v) is 0.925. The normalized spacial score (nSPS) is 12.8. The molecule has 0 heterocycles. The van der Waals surface area contributed by atoms with Crippen molar-refractivity contribution in [3.05, 3.63) is 6.92 Å². The van der Waals surface area contributed by atoms with Crippen molar-refractivity contribution in [3.63, 3.8) is 0 Å². The molecule has 0 fully saturated rings. The first kappa shape index (κ1) is 23.2. The van der Waals surface area contributed by atoms with E-state index in [2.05, 4.69) is 16.7 Å². The molecule has 0 amide bonds. The van der Waals surface area contributed by atoms with Gasteiger partial charge in [0.05, 0.1) is 19.6 Å². The summed E-state index contributed by atoms with van der Waals surface area (Å²) >= 11 is 0. The van der Waals surface area contributed by atoms with Crippen LogP contribution in [-0.4, -0.2) is 30.8 Å². The Bertz CT molecular complexity index is 266. The first-order valence-electron chi connectivity index (χ1n) is 5.08. The van der Waals surface area contributed by atoms with Gasteiger partial charge in [0.1, 0.15) is 6.08 Å². The second kappa shape index (κ2) is 11.0. The summed E-state index contributed by atoms with van der Waals surface area (Å²) in [6, 6.07) is -0.484. The molecule has 5 nitrogen and oxygen atoms in total. The van der Waals surface area contributed by atoms with Crippen LogP contribution >= 0.6 is 24.0 Å². The number of rotatable bonds is 4. The van der Waals surface area contributed by atoms with Crippen molar-refractivity contribution in [3.8, 4) is 0 Å². The molecule has 103 valence electrons. The summed E-state index contributed by atoms with van der Waals surface area (Å²) in [5, 5.41) is 11.3. The number of hydrogen-bond donors (Lipinski definition) is 0. The molecule has 7 heteroatoms. The Morgan fingerprint density at radius 1 is 1.44 bits per heavy atom. The van der Waals surface area contributed by atoms with Crippen LogP contribution in [0.15, 0.2) is 4.99 Å². The van der Waals surface area contributed by atoms with Crippen LogP contribution in [0.4, 0.5) is 0 Å². The quantitative estimate of drug-likeness (QED) is 0.225. The molecule has 0 aromatic rings. The smallest absolute Gasteiger partial charge is 0.307 e. The number of halogens is 1. The first-order chi connectivity index (χ1) is 7.28. The van der Waals surface area contributed by atoms with Crippen LogP contribution in [0.25, 0.3) is 0 Å². The van der Waals surface area contributed by atoms with E-state index in [1.165, 1.54) is 7.11 Å². The topological polar surface area (TPSA) is 71.0 Å². The molecule has 0 aliphatic rings. The minimum absolute atomic E-state index is 0. The fraction of sp³-hybridized carbons (Fsp3) is 0.727. The number of aliphatic imine (C=N–C) groups is 1. The molecule has 0 aromatic carbocycles. The van der Waals surface area contributed by atoms with Crippen LogP contribution in [0.5, 0.6) is 0 Å². The van der Waals surface area contributed by atoms with Gasteiger partial charge in [0.2, 0.25) is 0 Å². The van der Waals surface area contributed by atoms with Gasteiger partial charge in [-0.2, -0.15) is 0 Å². The molecule has 0 bridgehead atoms. The monoisotopic (exact) mass is 421 g/mol. The predicted octanol–water partition coefficient (Wildman–Crippen LogP) is 1.29. The Labute approximate surface area is 138 Å². The molecule has 0 rings (SSSR count). The summed E-state index contributed by atoms with van der Waals surface area (Å²) in [5.74, 6) is -0.416. The zero-order valence-electron chi connectivity index (χ0n) is 11.4. The first-order valence-corrected chi connectivity index (χ1v) is 5.08.